The van der Waals surface area contributed by atoms with Gasteiger partial charge in [0.1, 0.15) is 6.04 Å². The van der Waals surface area contributed by atoms with Crippen LogP contribution in [-0.4, -0.2) is 43.8 Å². The Morgan fingerprint density at radius 2 is 1.74 bits per heavy atom. The molecule has 2 fully saturated rings. The van der Waals surface area contributed by atoms with Crippen molar-refractivity contribution in [2.24, 2.45) is 11.1 Å². The van der Waals surface area contributed by atoms with Crippen molar-refractivity contribution in [1.29, 1.82) is 0 Å². The number of primary sulfonamides is 1. The number of fused-ring (bicyclic) bond motifs is 1. The highest BCUT2D eigenvalue weighted by Crippen LogP contribution is 2.40. The topological polar surface area (TPSA) is 110 Å². The lowest BCUT2D eigenvalue weighted by Gasteiger charge is -2.33. The summed E-state index contributed by atoms with van der Waals surface area (Å²) in [4.78, 5) is 28.2. The molecule has 1 heterocycles. The molecule has 3 unspecified atom stereocenters. The SMILES string of the molecule is NS(=O)(=O)c1ccc(CCNC(=O)C2CC3CCCCC3N2C(=O)C=Cc2ccccc2)cc1. The fourth-order valence-electron chi connectivity index (χ4n) is 5.12. The summed E-state index contributed by atoms with van der Waals surface area (Å²) in [7, 11) is -3.72. The number of sulfonamides is 1. The molecule has 2 aromatic carbocycles. The van der Waals surface area contributed by atoms with E-state index in [2.05, 4.69) is 5.32 Å². The summed E-state index contributed by atoms with van der Waals surface area (Å²) in [6.07, 6.45) is 8.86. The zero-order chi connectivity index (χ0) is 24.1. The lowest BCUT2D eigenvalue weighted by molar-refractivity contribution is -0.137. The van der Waals surface area contributed by atoms with Gasteiger partial charge in [0.25, 0.3) is 0 Å². The molecule has 0 spiro atoms. The van der Waals surface area contributed by atoms with Crippen LogP contribution in [0, 0.1) is 5.92 Å². The van der Waals surface area contributed by atoms with Crippen LogP contribution in [0.1, 0.15) is 43.2 Å². The first-order chi connectivity index (χ1) is 16.3. The van der Waals surface area contributed by atoms with Crippen LogP contribution in [0.25, 0.3) is 6.08 Å². The largest absolute Gasteiger partial charge is 0.354 e. The van der Waals surface area contributed by atoms with E-state index in [1.807, 2.05) is 30.3 Å². The molecule has 2 aromatic rings. The number of nitrogens with one attached hydrogen (secondary N) is 1. The van der Waals surface area contributed by atoms with E-state index in [-0.39, 0.29) is 22.8 Å². The smallest absolute Gasteiger partial charge is 0.247 e. The fraction of sp³-hybridized carbons (Fsp3) is 0.385. The number of benzene rings is 2. The van der Waals surface area contributed by atoms with E-state index in [0.717, 1.165) is 36.8 Å². The van der Waals surface area contributed by atoms with Gasteiger partial charge in [0, 0.05) is 18.7 Å². The molecule has 1 saturated carbocycles. The predicted octanol–water partition coefficient (Wildman–Crippen LogP) is 2.87. The number of hydrogen-bond donors (Lipinski definition) is 2. The van der Waals surface area contributed by atoms with Crippen molar-refractivity contribution in [3.05, 3.63) is 71.8 Å². The maximum Gasteiger partial charge on any atom is 0.247 e. The van der Waals surface area contributed by atoms with Crippen molar-refractivity contribution in [3.8, 4) is 0 Å². The Morgan fingerprint density at radius 3 is 2.44 bits per heavy atom. The Bertz CT molecular complexity index is 1150. The zero-order valence-electron chi connectivity index (χ0n) is 19.1. The molecule has 3 atom stereocenters. The van der Waals surface area contributed by atoms with Crippen LogP contribution < -0.4 is 10.5 Å². The molecule has 2 amide bonds. The molecule has 3 N–H and O–H groups in total. The van der Waals surface area contributed by atoms with Gasteiger partial charge in [-0.05, 0) is 60.9 Å². The first kappa shape index (κ1) is 24.2. The van der Waals surface area contributed by atoms with Crippen molar-refractivity contribution >= 4 is 27.9 Å². The standard InChI is InChI=1S/C26H31N3O4S/c27-34(32,33)22-13-10-20(11-14-22)16-17-28-26(31)24-18-21-8-4-5-9-23(21)29(24)25(30)15-12-19-6-2-1-3-7-19/h1-3,6-7,10-15,21,23-24H,4-5,8-9,16-18H2,(H,28,31)(H2,27,32,33). The van der Waals surface area contributed by atoms with Crippen molar-refractivity contribution in [2.45, 2.75) is 55.5 Å². The normalized spacial score (nSPS) is 22.5. The molecule has 8 heteroatoms. The third-order valence-corrected chi connectivity index (χ3v) is 7.76. The minimum atomic E-state index is -3.72. The monoisotopic (exact) mass is 481 g/mol. The number of nitrogens with two attached hydrogens (primary N) is 1. The molecule has 4 rings (SSSR count). The van der Waals surface area contributed by atoms with Crippen LogP contribution in [-0.2, 0) is 26.0 Å². The van der Waals surface area contributed by atoms with Crippen LogP contribution in [0.2, 0.25) is 0 Å². The van der Waals surface area contributed by atoms with Gasteiger partial charge >= 0.3 is 0 Å². The van der Waals surface area contributed by atoms with Gasteiger partial charge in [0.2, 0.25) is 21.8 Å². The molecule has 2 aliphatic rings. The molecule has 7 nitrogen and oxygen atoms in total. The maximum atomic E-state index is 13.2. The number of amides is 2. The number of carbonyl (C=O) groups is 2. The highest BCUT2D eigenvalue weighted by molar-refractivity contribution is 7.89. The van der Waals surface area contributed by atoms with E-state index >= 15 is 0 Å². The van der Waals surface area contributed by atoms with Gasteiger partial charge in [0.15, 0.2) is 0 Å². The Hall–Kier alpha value is -2.97. The third kappa shape index (κ3) is 5.74. The van der Waals surface area contributed by atoms with Gasteiger partial charge < -0.3 is 10.2 Å². The lowest BCUT2D eigenvalue weighted by Crippen LogP contribution is -2.49. The number of likely N-dealkylation sites (tertiary alicyclic amines) is 1. The summed E-state index contributed by atoms with van der Waals surface area (Å²) < 4.78 is 22.8. The second-order valence-corrected chi connectivity index (χ2v) is 10.6. The number of nitrogens with zero attached hydrogens (tertiary/aromatic N) is 1. The van der Waals surface area contributed by atoms with Crippen molar-refractivity contribution in [3.63, 3.8) is 0 Å². The van der Waals surface area contributed by atoms with Crippen molar-refractivity contribution in [1.82, 2.24) is 10.2 Å². The number of rotatable bonds is 7. The fourth-order valence-corrected chi connectivity index (χ4v) is 5.64. The Balaban J connectivity index is 1.40. The second kappa shape index (κ2) is 10.5. The van der Waals surface area contributed by atoms with Crippen molar-refractivity contribution in [2.75, 3.05) is 6.54 Å². The Morgan fingerprint density at radius 1 is 1.03 bits per heavy atom. The Labute approximate surface area is 201 Å². The predicted molar refractivity (Wildman–Crippen MR) is 131 cm³/mol. The van der Waals surface area contributed by atoms with Gasteiger partial charge in [0.05, 0.1) is 4.90 Å². The van der Waals surface area contributed by atoms with Gasteiger partial charge in [-0.3, -0.25) is 9.59 Å². The van der Waals surface area contributed by atoms with Crippen LogP contribution in [0.15, 0.2) is 65.6 Å². The van der Waals surface area contributed by atoms with Crippen LogP contribution in [0.3, 0.4) is 0 Å². The molecule has 1 aliphatic carbocycles. The van der Waals surface area contributed by atoms with Crippen LogP contribution >= 0.6 is 0 Å². The van der Waals surface area contributed by atoms with Gasteiger partial charge in [-0.15, -0.1) is 0 Å². The molecular weight excluding hydrogens is 450 g/mol. The van der Waals surface area contributed by atoms with Gasteiger partial charge in [-0.25, -0.2) is 13.6 Å². The van der Waals surface area contributed by atoms with Crippen LogP contribution in [0.5, 0.6) is 0 Å². The zero-order valence-corrected chi connectivity index (χ0v) is 19.9. The van der Waals surface area contributed by atoms with Crippen molar-refractivity contribution < 1.29 is 18.0 Å². The third-order valence-electron chi connectivity index (χ3n) is 6.83. The summed E-state index contributed by atoms with van der Waals surface area (Å²) >= 11 is 0. The van der Waals surface area contributed by atoms with E-state index in [4.69, 9.17) is 5.14 Å². The van der Waals surface area contributed by atoms with Gasteiger partial charge in [-0.2, -0.15) is 0 Å². The van der Waals surface area contributed by atoms with Crippen LogP contribution in [0.4, 0.5) is 0 Å². The summed E-state index contributed by atoms with van der Waals surface area (Å²) in [5.41, 5.74) is 1.84. The average molecular weight is 482 g/mol. The maximum absolute atomic E-state index is 13.2. The molecule has 0 aromatic heterocycles. The first-order valence-corrected chi connectivity index (χ1v) is 13.3. The molecule has 0 radical (unpaired) electrons. The minimum Gasteiger partial charge on any atom is -0.354 e. The van der Waals surface area contributed by atoms with E-state index in [1.54, 1.807) is 29.2 Å². The second-order valence-electron chi connectivity index (χ2n) is 9.08. The van der Waals surface area contributed by atoms with E-state index in [0.29, 0.717) is 25.3 Å². The molecule has 1 aliphatic heterocycles. The molecular formula is C26H31N3O4S. The van der Waals surface area contributed by atoms with E-state index < -0.39 is 16.1 Å². The summed E-state index contributed by atoms with van der Waals surface area (Å²) in [6.45, 7) is 0.404. The van der Waals surface area contributed by atoms with Gasteiger partial charge in [-0.1, -0.05) is 55.3 Å². The quantitative estimate of drug-likeness (QED) is 0.593. The minimum absolute atomic E-state index is 0.0616. The van der Waals surface area contributed by atoms with E-state index in [1.165, 1.54) is 12.1 Å². The Kier molecular flexibility index (Phi) is 7.48. The molecule has 0 bridgehead atoms. The lowest BCUT2D eigenvalue weighted by atomic mass is 9.84. The number of carbonyl (C=O) groups excluding carboxylic acids is 2. The highest BCUT2D eigenvalue weighted by atomic mass is 32.2. The summed E-state index contributed by atoms with van der Waals surface area (Å²) in [5.74, 6) is 0.123. The molecule has 180 valence electrons. The highest BCUT2D eigenvalue weighted by Gasteiger charge is 2.46. The summed E-state index contributed by atoms with van der Waals surface area (Å²) in [5, 5.41) is 8.12. The molecule has 1 saturated heterocycles. The molecule has 34 heavy (non-hydrogen) atoms. The average Bonchev–Trinajstić information content (AvgIpc) is 3.23. The first-order valence-electron chi connectivity index (χ1n) is 11.8. The number of hydrogen-bond acceptors (Lipinski definition) is 4. The summed E-state index contributed by atoms with van der Waals surface area (Å²) in [6, 6.07) is 15.6. The van der Waals surface area contributed by atoms with E-state index in [9.17, 15) is 18.0 Å².